The van der Waals surface area contributed by atoms with Gasteiger partial charge in [0.25, 0.3) is 0 Å². The van der Waals surface area contributed by atoms with E-state index in [-0.39, 0.29) is 0 Å². The summed E-state index contributed by atoms with van der Waals surface area (Å²) in [5.41, 5.74) is 1.15. The summed E-state index contributed by atoms with van der Waals surface area (Å²) in [6.45, 7) is 4.68. The first-order chi connectivity index (χ1) is 9.54. The molecule has 0 spiro atoms. The summed E-state index contributed by atoms with van der Waals surface area (Å²) in [6, 6.07) is 6.27. The topological polar surface area (TPSA) is 12.0 Å². The summed E-state index contributed by atoms with van der Waals surface area (Å²) in [4.78, 5) is 0. The van der Waals surface area contributed by atoms with E-state index in [1.165, 1.54) is 25.7 Å². The van der Waals surface area contributed by atoms with Gasteiger partial charge in [-0.1, -0.05) is 49.2 Å². The maximum Gasteiger partial charge on any atom is 0.0640 e. The van der Waals surface area contributed by atoms with E-state index in [0.29, 0.717) is 22.0 Å². The second kappa shape index (κ2) is 7.15. The summed E-state index contributed by atoms with van der Waals surface area (Å²) < 4.78 is 0. The first-order valence-corrected chi connectivity index (χ1v) is 8.41. The van der Waals surface area contributed by atoms with Crippen molar-refractivity contribution in [3.05, 3.63) is 33.8 Å². The molecule has 1 unspecified atom stereocenters. The lowest BCUT2D eigenvalue weighted by Gasteiger charge is -2.36. The highest BCUT2D eigenvalue weighted by atomic mass is 35.5. The van der Waals surface area contributed by atoms with E-state index in [9.17, 15) is 0 Å². The normalized spacial score (nSPS) is 24.9. The van der Waals surface area contributed by atoms with E-state index in [2.05, 4.69) is 25.2 Å². The van der Waals surface area contributed by atoms with Crippen LogP contribution >= 0.6 is 23.2 Å². The number of hydrogen-bond donors (Lipinski definition) is 1. The molecule has 1 N–H and O–H groups in total. The van der Waals surface area contributed by atoms with Crippen molar-refractivity contribution in [1.82, 2.24) is 5.32 Å². The monoisotopic (exact) mass is 313 g/mol. The molecule has 1 aromatic rings. The SMILES string of the molecule is CNC(c1cccc(Cl)c1Cl)C1CCC(C(C)C)CC1. The van der Waals surface area contributed by atoms with Gasteiger partial charge in [0.05, 0.1) is 10.0 Å². The summed E-state index contributed by atoms with van der Waals surface area (Å²) in [7, 11) is 2.02. The van der Waals surface area contributed by atoms with Crippen molar-refractivity contribution in [3.63, 3.8) is 0 Å². The molecule has 0 heterocycles. The second-order valence-corrected chi connectivity index (χ2v) is 7.11. The van der Waals surface area contributed by atoms with Gasteiger partial charge in [-0.25, -0.2) is 0 Å². The zero-order chi connectivity index (χ0) is 14.7. The predicted molar refractivity (Wildman–Crippen MR) is 88.5 cm³/mol. The predicted octanol–water partition coefficient (Wildman–Crippen LogP) is 5.72. The third-order valence-corrected chi connectivity index (χ3v) is 5.69. The lowest BCUT2D eigenvalue weighted by molar-refractivity contribution is 0.193. The number of halogens is 2. The van der Waals surface area contributed by atoms with Gasteiger partial charge in [-0.2, -0.15) is 0 Å². The molecule has 0 radical (unpaired) electrons. The van der Waals surface area contributed by atoms with Crippen LogP contribution in [0.3, 0.4) is 0 Å². The highest BCUT2D eigenvalue weighted by Gasteiger charge is 2.30. The van der Waals surface area contributed by atoms with Crippen molar-refractivity contribution in [2.24, 2.45) is 17.8 Å². The molecule has 2 rings (SSSR count). The van der Waals surface area contributed by atoms with Crippen LogP contribution < -0.4 is 5.32 Å². The molecule has 1 nitrogen and oxygen atoms in total. The molecule has 0 aliphatic heterocycles. The zero-order valence-electron chi connectivity index (χ0n) is 12.6. The number of rotatable bonds is 4. The van der Waals surface area contributed by atoms with Crippen LogP contribution in [0.5, 0.6) is 0 Å². The molecule has 1 atom stereocenters. The molecular formula is C17H25Cl2N. The van der Waals surface area contributed by atoms with Crippen LogP contribution in [0, 0.1) is 17.8 Å². The third kappa shape index (κ3) is 3.50. The molecule has 112 valence electrons. The third-order valence-electron chi connectivity index (χ3n) is 4.86. The fraction of sp³-hybridized carbons (Fsp3) is 0.647. The van der Waals surface area contributed by atoms with Crippen LogP contribution in [-0.2, 0) is 0 Å². The molecule has 20 heavy (non-hydrogen) atoms. The molecule has 1 fully saturated rings. The number of nitrogens with one attached hydrogen (secondary N) is 1. The van der Waals surface area contributed by atoms with Crippen LogP contribution in [0.4, 0.5) is 0 Å². The largest absolute Gasteiger partial charge is 0.313 e. The van der Waals surface area contributed by atoms with Gasteiger partial charge < -0.3 is 5.32 Å². The molecule has 0 amide bonds. The van der Waals surface area contributed by atoms with Crippen molar-refractivity contribution in [3.8, 4) is 0 Å². The maximum absolute atomic E-state index is 6.39. The smallest absolute Gasteiger partial charge is 0.0640 e. The Labute approximate surface area is 133 Å². The average Bonchev–Trinajstić information content (AvgIpc) is 2.45. The van der Waals surface area contributed by atoms with E-state index in [0.717, 1.165) is 17.4 Å². The molecule has 0 bridgehead atoms. The Kier molecular flexibility index (Phi) is 5.77. The van der Waals surface area contributed by atoms with Crippen LogP contribution in [0.1, 0.15) is 51.1 Å². The average molecular weight is 314 g/mol. The first kappa shape index (κ1) is 16.1. The van der Waals surface area contributed by atoms with Crippen molar-refractivity contribution >= 4 is 23.2 Å². The molecule has 1 aliphatic carbocycles. The quantitative estimate of drug-likeness (QED) is 0.750. The summed E-state index contributed by atoms with van der Waals surface area (Å²) >= 11 is 12.6. The Hall–Kier alpha value is -0.240. The molecule has 1 saturated carbocycles. The van der Waals surface area contributed by atoms with Gasteiger partial charge >= 0.3 is 0 Å². The van der Waals surface area contributed by atoms with Gasteiger partial charge in [0.15, 0.2) is 0 Å². The Balaban J connectivity index is 2.12. The highest BCUT2D eigenvalue weighted by molar-refractivity contribution is 6.42. The molecule has 0 aromatic heterocycles. The minimum absolute atomic E-state index is 0.314. The van der Waals surface area contributed by atoms with Gasteiger partial charge in [-0.3, -0.25) is 0 Å². The first-order valence-electron chi connectivity index (χ1n) is 7.65. The van der Waals surface area contributed by atoms with Gasteiger partial charge in [0.2, 0.25) is 0 Å². The Morgan fingerprint density at radius 2 is 1.65 bits per heavy atom. The molecule has 1 aromatic carbocycles. The van der Waals surface area contributed by atoms with E-state index in [1.54, 1.807) is 0 Å². The van der Waals surface area contributed by atoms with Crippen LogP contribution in [-0.4, -0.2) is 7.05 Å². The van der Waals surface area contributed by atoms with E-state index in [4.69, 9.17) is 23.2 Å². The van der Waals surface area contributed by atoms with Gasteiger partial charge in [0.1, 0.15) is 0 Å². The summed E-state index contributed by atoms with van der Waals surface area (Å²) in [6.07, 6.45) is 5.21. The number of hydrogen-bond acceptors (Lipinski definition) is 1. The lowest BCUT2D eigenvalue weighted by Crippen LogP contribution is -2.30. The lowest BCUT2D eigenvalue weighted by atomic mass is 9.73. The fourth-order valence-corrected chi connectivity index (χ4v) is 3.98. The van der Waals surface area contributed by atoms with Crippen LogP contribution in [0.25, 0.3) is 0 Å². The van der Waals surface area contributed by atoms with Crippen LogP contribution in [0.15, 0.2) is 18.2 Å². The Bertz CT molecular complexity index is 437. The zero-order valence-corrected chi connectivity index (χ0v) is 14.1. The van der Waals surface area contributed by atoms with Crippen LogP contribution in [0.2, 0.25) is 10.0 Å². The minimum Gasteiger partial charge on any atom is -0.313 e. The molecule has 0 saturated heterocycles. The maximum atomic E-state index is 6.39. The number of benzene rings is 1. The highest BCUT2D eigenvalue weighted by Crippen LogP contribution is 2.41. The standard InChI is InChI=1S/C17H25Cl2N/c1-11(2)12-7-9-13(10-8-12)17(20-3)14-5-4-6-15(18)16(14)19/h4-6,11-13,17,20H,7-10H2,1-3H3. The summed E-state index contributed by atoms with van der Waals surface area (Å²) in [5, 5.41) is 4.82. The van der Waals surface area contributed by atoms with Crippen molar-refractivity contribution in [2.75, 3.05) is 7.05 Å². The van der Waals surface area contributed by atoms with Gasteiger partial charge in [-0.15, -0.1) is 0 Å². The summed E-state index contributed by atoms with van der Waals surface area (Å²) in [5.74, 6) is 2.35. The van der Waals surface area contributed by atoms with Gasteiger partial charge in [0, 0.05) is 6.04 Å². The van der Waals surface area contributed by atoms with E-state index < -0.39 is 0 Å². The molecular weight excluding hydrogens is 289 g/mol. The molecule has 1 aliphatic rings. The molecule has 3 heteroatoms. The van der Waals surface area contributed by atoms with E-state index >= 15 is 0 Å². The van der Waals surface area contributed by atoms with Crippen molar-refractivity contribution in [2.45, 2.75) is 45.6 Å². The Morgan fingerprint density at radius 1 is 1.05 bits per heavy atom. The van der Waals surface area contributed by atoms with E-state index in [1.807, 2.05) is 19.2 Å². The Morgan fingerprint density at radius 3 is 2.20 bits per heavy atom. The van der Waals surface area contributed by atoms with Crippen molar-refractivity contribution < 1.29 is 0 Å². The second-order valence-electron chi connectivity index (χ2n) is 6.33. The van der Waals surface area contributed by atoms with Gasteiger partial charge in [-0.05, 0) is 62.1 Å². The fourth-order valence-electron chi connectivity index (χ4n) is 3.55. The van der Waals surface area contributed by atoms with Crippen molar-refractivity contribution in [1.29, 1.82) is 0 Å². The minimum atomic E-state index is 0.314.